The van der Waals surface area contributed by atoms with Crippen LogP contribution in [0.25, 0.3) is 0 Å². The van der Waals surface area contributed by atoms with E-state index in [1.807, 2.05) is 6.92 Å². The molecule has 1 N–H and O–H groups in total. The number of hydrogen-bond donors (Lipinski definition) is 1. The van der Waals surface area contributed by atoms with E-state index in [-0.39, 0.29) is 11.7 Å². The van der Waals surface area contributed by atoms with Crippen molar-refractivity contribution in [3.05, 3.63) is 58.6 Å². The number of carbonyl (C=O) groups excluding carboxylic acids is 2. The van der Waals surface area contributed by atoms with Crippen molar-refractivity contribution >= 4 is 29.0 Å². The Morgan fingerprint density at radius 3 is 2.32 bits per heavy atom. The zero-order chi connectivity index (χ0) is 16.1. The van der Waals surface area contributed by atoms with Crippen LogP contribution in [0, 0.1) is 0 Å². The molecular formula is C17H16ClNO3. The van der Waals surface area contributed by atoms with Crippen LogP contribution in [0.5, 0.6) is 5.75 Å². The molecule has 0 radical (unpaired) electrons. The van der Waals surface area contributed by atoms with Gasteiger partial charge in [-0.25, -0.2) is 0 Å². The Morgan fingerprint density at radius 2 is 1.73 bits per heavy atom. The van der Waals surface area contributed by atoms with Gasteiger partial charge in [-0.2, -0.15) is 0 Å². The van der Waals surface area contributed by atoms with Crippen LogP contribution in [0.4, 0.5) is 5.69 Å². The molecule has 0 atom stereocenters. The van der Waals surface area contributed by atoms with Crippen LogP contribution in [-0.4, -0.2) is 18.3 Å². The predicted octanol–water partition coefficient (Wildman–Crippen LogP) is 4.19. The minimum absolute atomic E-state index is 0.0787. The van der Waals surface area contributed by atoms with Gasteiger partial charge in [-0.1, -0.05) is 11.6 Å². The van der Waals surface area contributed by atoms with E-state index in [1.165, 1.54) is 6.92 Å². The Hall–Kier alpha value is -2.33. The van der Waals surface area contributed by atoms with Gasteiger partial charge in [-0.15, -0.1) is 0 Å². The van der Waals surface area contributed by atoms with Crippen molar-refractivity contribution in [1.82, 2.24) is 0 Å². The molecule has 0 aliphatic heterocycles. The first-order chi connectivity index (χ1) is 10.5. The quantitative estimate of drug-likeness (QED) is 0.841. The third-order valence-electron chi connectivity index (χ3n) is 3.04. The standard InChI is InChI=1S/C17H16ClNO3/c1-3-22-16-9-6-13(11(2)20)10-15(16)19-17(21)12-4-7-14(18)8-5-12/h4-10H,3H2,1-2H3,(H,19,21). The molecule has 0 saturated heterocycles. The van der Waals surface area contributed by atoms with E-state index >= 15 is 0 Å². The van der Waals surface area contributed by atoms with E-state index in [2.05, 4.69) is 5.32 Å². The number of anilines is 1. The van der Waals surface area contributed by atoms with Gasteiger partial charge in [0.2, 0.25) is 0 Å². The average molecular weight is 318 g/mol. The van der Waals surface area contributed by atoms with Gasteiger partial charge >= 0.3 is 0 Å². The fourth-order valence-electron chi connectivity index (χ4n) is 1.92. The lowest BCUT2D eigenvalue weighted by atomic mass is 10.1. The summed E-state index contributed by atoms with van der Waals surface area (Å²) in [6, 6.07) is 11.5. The second-order valence-electron chi connectivity index (χ2n) is 4.66. The number of benzene rings is 2. The fraction of sp³-hybridized carbons (Fsp3) is 0.176. The third-order valence-corrected chi connectivity index (χ3v) is 3.29. The van der Waals surface area contributed by atoms with Crippen LogP contribution in [0.2, 0.25) is 5.02 Å². The van der Waals surface area contributed by atoms with Crippen molar-refractivity contribution in [1.29, 1.82) is 0 Å². The zero-order valence-electron chi connectivity index (χ0n) is 12.4. The van der Waals surface area contributed by atoms with Crippen LogP contribution >= 0.6 is 11.6 Å². The summed E-state index contributed by atoms with van der Waals surface area (Å²) >= 11 is 5.81. The smallest absolute Gasteiger partial charge is 0.255 e. The van der Waals surface area contributed by atoms with Crippen molar-refractivity contribution in [3.63, 3.8) is 0 Å². The van der Waals surface area contributed by atoms with Gasteiger partial charge in [0.25, 0.3) is 5.91 Å². The Balaban J connectivity index is 2.29. The lowest BCUT2D eigenvalue weighted by molar-refractivity contribution is 0.101. The van der Waals surface area contributed by atoms with Gasteiger partial charge < -0.3 is 10.1 Å². The molecule has 0 aromatic heterocycles. The van der Waals surface area contributed by atoms with Crippen LogP contribution < -0.4 is 10.1 Å². The normalized spacial score (nSPS) is 10.1. The Labute approximate surface area is 134 Å². The molecule has 0 aliphatic rings. The zero-order valence-corrected chi connectivity index (χ0v) is 13.1. The monoisotopic (exact) mass is 317 g/mol. The van der Waals surface area contributed by atoms with E-state index in [9.17, 15) is 9.59 Å². The number of ketones is 1. The topological polar surface area (TPSA) is 55.4 Å². The van der Waals surface area contributed by atoms with E-state index in [0.717, 1.165) is 0 Å². The number of amides is 1. The summed E-state index contributed by atoms with van der Waals surface area (Å²) in [5, 5.41) is 3.33. The maximum atomic E-state index is 12.3. The molecule has 2 aromatic rings. The number of carbonyl (C=O) groups is 2. The summed E-state index contributed by atoms with van der Waals surface area (Å²) in [4.78, 5) is 23.8. The summed E-state index contributed by atoms with van der Waals surface area (Å²) in [7, 11) is 0. The lowest BCUT2D eigenvalue weighted by Crippen LogP contribution is -2.13. The maximum Gasteiger partial charge on any atom is 0.255 e. The molecular weight excluding hydrogens is 302 g/mol. The number of rotatable bonds is 5. The molecule has 4 nitrogen and oxygen atoms in total. The van der Waals surface area contributed by atoms with Crippen molar-refractivity contribution < 1.29 is 14.3 Å². The summed E-state index contributed by atoms with van der Waals surface area (Å²) in [6.45, 7) is 3.79. The van der Waals surface area contributed by atoms with Crippen LogP contribution in [0.15, 0.2) is 42.5 Å². The summed E-state index contributed by atoms with van der Waals surface area (Å²) < 4.78 is 5.48. The Bertz CT molecular complexity index is 696. The molecule has 22 heavy (non-hydrogen) atoms. The molecule has 0 spiro atoms. The van der Waals surface area contributed by atoms with Crippen LogP contribution in [-0.2, 0) is 0 Å². The van der Waals surface area contributed by atoms with Crippen molar-refractivity contribution in [2.75, 3.05) is 11.9 Å². The lowest BCUT2D eigenvalue weighted by Gasteiger charge is -2.12. The SMILES string of the molecule is CCOc1ccc(C(C)=O)cc1NC(=O)c1ccc(Cl)cc1. The number of ether oxygens (including phenoxy) is 1. The maximum absolute atomic E-state index is 12.3. The number of nitrogens with one attached hydrogen (secondary N) is 1. The Morgan fingerprint density at radius 1 is 1.09 bits per heavy atom. The second-order valence-corrected chi connectivity index (χ2v) is 5.10. The fourth-order valence-corrected chi connectivity index (χ4v) is 2.05. The van der Waals surface area contributed by atoms with Gasteiger partial charge in [0.05, 0.1) is 12.3 Å². The summed E-state index contributed by atoms with van der Waals surface area (Å²) in [6.07, 6.45) is 0. The predicted molar refractivity (Wildman–Crippen MR) is 87.0 cm³/mol. The van der Waals surface area contributed by atoms with Gasteiger partial charge in [0, 0.05) is 16.1 Å². The molecule has 0 bridgehead atoms. The second kappa shape index (κ2) is 7.09. The molecule has 114 valence electrons. The molecule has 1 amide bonds. The van der Waals surface area contributed by atoms with E-state index in [1.54, 1.807) is 42.5 Å². The van der Waals surface area contributed by atoms with Crippen LogP contribution in [0.1, 0.15) is 34.6 Å². The van der Waals surface area contributed by atoms with E-state index in [0.29, 0.717) is 34.2 Å². The highest BCUT2D eigenvalue weighted by atomic mass is 35.5. The van der Waals surface area contributed by atoms with Crippen molar-refractivity contribution in [3.8, 4) is 5.75 Å². The van der Waals surface area contributed by atoms with Gasteiger partial charge in [0.1, 0.15) is 5.75 Å². The highest BCUT2D eigenvalue weighted by Gasteiger charge is 2.12. The summed E-state index contributed by atoms with van der Waals surface area (Å²) in [5.41, 5.74) is 1.45. The molecule has 0 heterocycles. The largest absolute Gasteiger partial charge is 0.492 e. The molecule has 0 saturated carbocycles. The number of halogens is 1. The molecule has 5 heteroatoms. The van der Waals surface area contributed by atoms with Gasteiger partial charge in [0.15, 0.2) is 5.78 Å². The molecule has 2 aromatic carbocycles. The highest BCUT2D eigenvalue weighted by Crippen LogP contribution is 2.27. The summed E-state index contributed by atoms with van der Waals surface area (Å²) in [5.74, 6) is 0.151. The minimum Gasteiger partial charge on any atom is -0.492 e. The first kappa shape index (κ1) is 16.0. The molecule has 2 rings (SSSR count). The average Bonchev–Trinajstić information content (AvgIpc) is 2.49. The molecule has 0 unspecified atom stereocenters. The first-order valence-corrected chi connectivity index (χ1v) is 7.23. The van der Waals surface area contributed by atoms with E-state index < -0.39 is 0 Å². The number of hydrogen-bond acceptors (Lipinski definition) is 3. The van der Waals surface area contributed by atoms with Gasteiger partial charge in [-0.05, 0) is 56.3 Å². The number of Topliss-reactive ketones (excluding diaryl/α,β-unsaturated/α-hetero) is 1. The highest BCUT2D eigenvalue weighted by molar-refractivity contribution is 6.30. The third kappa shape index (κ3) is 3.86. The van der Waals surface area contributed by atoms with Crippen molar-refractivity contribution in [2.24, 2.45) is 0 Å². The van der Waals surface area contributed by atoms with E-state index in [4.69, 9.17) is 16.3 Å². The Kier molecular flexibility index (Phi) is 5.17. The van der Waals surface area contributed by atoms with Crippen molar-refractivity contribution in [2.45, 2.75) is 13.8 Å². The first-order valence-electron chi connectivity index (χ1n) is 6.86. The minimum atomic E-state index is -0.293. The van der Waals surface area contributed by atoms with Gasteiger partial charge in [-0.3, -0.25) is 9.59 Å². The molecule has 0 aliphatic carbocycles. The molecule has 0 fully saturated rings. The van der Waals surface area contributed by atoms with Crippen LogP contribution in [0.3, 0.4) is 0 Å².